The molecule has 0 radical (unpaired) electrons. The van der Waals surface area contributed by atoms with E-state index in [1.165, 1.54) is 12.5 Å². The average Bonchev–Trinajstić information content (AvgIpc) is 2.80. The fourth-order valence-electron chi connectivity index (χ4n) is 1.39. The molecule has 1 aromatic carbocycles. The molecule has 6 heteroatoms. The number of rotatable bonds is 4. The van der Waals surface area contributed by atoms with E-state index in [-0.39, 0.29) is 23.8 Å². The van der Waals surface area contributed by atoms with Crippen molar-refractivity contribution < 1.29 is 14.3 Å². The number of carbonyl (C=O) groups excluding carboxylic acids is 1. The first-order valence-electron chi connectivity index (χ1n) is 5.32. The van der Waals surface area contributed by atoms with Crippen LogP contribution in [0.1, 0.15) is 16.1 Å². The number of nitrogens with zero attached hydrogens (tertiary/aromatic N) is 1. The van der Waals surface area contributed by atoms with E-state index in [0.29, 0.717) is 10.0 Å². The number of ketones is 1. The molecule has 0 aliphatic heterocycles. The van der Waals surface area contributed by atoms with E-state index in [2.05, 4.69) is 36.9 Å². The van der Waals surface area contributed by atoms with Crippen molar-refractivity contribution in [1.82, 2.24) is 0 Å². The van der Waals surface area contributed by atoms with Crippen molar-refractivity contribution in [3.8, 4) is 5.75 Å². The van der Waals surface area contributed by atoms with E-state index in [4.69, 9.17) is 4.42 Å². The van der Waals surface area contributed by atoms with Gasteiger partial charge in [0.15, 0.2) is 5.76 Å². The monoisotopic (exact) mass is 385 g/mol. The minimum atomic E-state index is -0.226. The summed E-state index contributed by atoms with van der Waals surface area (Å²) in [4.78, 5) is 15.7. The molecule has 2 rings (SSSR count). The molecule has 1 aromatic heterocycles. The Morgan fingerprint density at radius 3 is 2.79 bits per heavy atom. The molecule has 0 atom stereocenters. The van der Waals surface area contributed by atoms with Crippen LogP contribution >= 0.6 is 31.9 Å². The lowest BCUT2D eigenvalue weighted by Gasteiger charge is -1.98. The first-order chi connectivity index (χ1) is 9.06. The Kier molecular flexibility index (Phi) is 4.55. The van der Waals surface area contributed by atoms with Gasteiger partial charge in [-0.05, 0) is 34.1 Å². The third-order valence-corrected chi connectivity index (χ3v) is 3.21. The number of hydrogen-bond acceptors (Lipinski definition) is 4. The Morgan fingerprint density at radius 1 is 1.32 bits per heavy atom. The van der Waals surface area contributed by atoms with Gasteiger partial charge in [-0.3, -0.25) is 9.79 Å². The molecule has 4 nitrogen and oxygen atoms in total. The number of aliphatic imine (C=N–C) groups is 1. The molecule has 98 valence electrons. The summed E-state index contributed by atoms with van der Waals surface area (Å²) < 4.78 is 6.58. The third-order valence-electron chi connectivity index (χ3n) is 2.30. The van der Waals surface area contributed by atoms with Gasteiger partial charge in [0.1, 0.15) is 18.6 Å². The normalized spacial score (nSPS) is 11.1. The van der Waals surface area contributed by atoms with E-state index in [1.54, 1.807) is 24.3 Å². The second kappa shape index (κ2) is 6.16. The van der Waals surface area contributed by atoms with Crippen molar-refractivity contribution in [2.45, 2.75) is 0 Å². The summed E-state index contributed by atoms with van der Waals surface area (Å²) in [5.41, 5.74) is 0.544. The van der Waals surface area contributed by atoms with E-state index in [9.17, 15) is 9.90 Å². The van der Waals surface area contributed by atoms with Crippen LogP contribution in [0, 0.1) is 0 Å². The van der Waals surface area contributed by atoms with Crippen molar-refractivity contribution >= 4 is 43.9 Å². The van der Waals surface area contributed by atoms with Crippen molar-refractivity contribution in [3.05, 3.63) is 50.8 Å². The van der Waals surface area contributed by atoms with E-state index >= 15 is 0 Å². The van der Waals surface area contributed by atoms with Crippen LogP contribution in [0.15, 0.2) is 48.9 Å². The van der Waals surface area contributed by atoms with Crippen LogP contribution in [0.3, 0.4) is 0 Å². The molecule has 0 saturated heterocycles. The molecule has 0 saturated carbocycles. The molecule has 0 fully saturated rings. The highest BCUT2D eigenvalue weighted by Gasteiger charge is 2.09. The molecule has 0 aliphatic carbocycles. The number of benzene rings is 1. The molecular formula is C13H9Br2NO3. The van der Waals surface area contributed by atoms with Crippen molar-refractivity contribution in [2.24, 2.45) is 4.99 Å². The van der Waals surface area contributed by atoms with E-state index in [0.717, 1.165) is 4.47 Å². The Labute approximate surface area is 126 Å². The Hall–Kier alpha value is -1.40. The number of halogens is 2. The Morgan fingerprint density at radius 2 is 2.11 bits per heavy atom. The second-order valence-corrected chi connectivity index (χ2v) is 5.56. The van der Waals surface area contributed by atoms with Gasteiger partial charge in [0.25, 0.3) is 0 Å². The molecule has 0 amide bonds. The fraction of sp³-hybridized carbons (Fsp3) is 0.0769. The summed E-state index contributed by atoms with van der Waals surface area (Å²) in [6, 6.07) is 6.58. The van der Waals surface area contributed by atoms with Crippen molar-refractivity contribution in [2.75, 3.05) is 6.54 Å². The minimum Gasteiger partial charge on any atom is -0.507 e. The topological polar surface area (TPSA) is 62.8 Å². The van der Waals surface area contributed by atoms with Crippen LogP contribution in [0.2, 0.25) is 0 Å². The minimum absolute atomic E-state index is 0.0358. The maximum absolute atomic E-state index is 11.7. The van der Waals surface area contributed by atoms with Crippen LogP contribution in [-0.2, 0) is 0 Å². The van der Waals surface area contributed by atoms with Gasteiger partial charge in [-0.15, -0.1) is 0 Å². The molecular weight excluding hydrogens is 378 g/mol. The van der Waals surface area contributed by atoms with Crippen LogP contribution < -0.4 is 0 Å². The number of hydrogen-bond donors (Lipinski definition) is 1. The molecule has 0 unspecified atom stereocenters. The highest BCUT2D eigenvalue weighted by molar-refractivity contribution is 9.10. The number of phenols is 1. The van der Waals surface area contributed by atoms with Gasteiger partial charge in [0, 0.05) is 22.3 Å². The second-order valence-electron chi connectivity index (χ2n) is 3.73. The summed E-state index contributed by atoms with van der Waals surface area (Å²) in [7, 11) is 0. The smallest absolute Gasteiger partial charge is 0.219 e. The Bertz CT molecular complexity index is 635. The number of furan rings is 1. The third kappa shape index (κ3) is 3.78. The summed E-state index contributed by atoms with van der Waals surface area (Å²) in [6.07, 6.45) is 2.90. The maximum atomic E-state index is 11.7. The zero-order chi connectivity index (χ0) is 13.8. The standard InChI is InChI=1S/C13H9Br2NO3/c14-9-1-2-11(17)8(3-9)5-16-6-12(18)13-4-10(15)7-19-13/h1-5,7,17H,6H2. The summed E-state index contributed by atoms with van der Waals surface area (Å²) in [5, 5.41) is 9.60. The SMILES string of the molecule is O=C(CN=Cc1cc(Br)ccc1O)c1cc(Br)co1. The Balaban J connectivity index is 2.04. The maximum Gasteiger partial charge on any atom is 0.219 e. The zero-order valence-electron chi connectivity index (χ0n) is 9.64. The van der Waals surface area contributed by atoms with E-state index < -0.39 is 0 Å². The van der Waals surface area contributed by atoms with Gasteiger partial charge >= 0.3 is 0 Å². The van der Waals surface area contributed by atoms with E-state index in [1.807, 2.05) is 0 Å². The van der Waals surface area contributed by atoms with Crippen LogP contribution in [-0.4, -0.2) is 23.6 Å². The van der Waals surface area contributed by atoms with Crippen LogP contribution in [0.5, 0.6) is 5.75 Å². The first kappa shape index (κ1) is 14.0. The lowest BCUT2D eigenvalue weighted by atomic mass is 10.2. The molecule has 0 spiro atoms. The van der Waals surface area contributed by atoms with Gasteiger partial charge in [-0.2, -0.15) is 0 Å². The van der Waals surface area contributed by atoms with Crippen molar-refractivity contribution in [3.63, 3.8) is 0 Å². The summed E-state index contributed by atoms with van der Waals surface area (Å²) in [6.45, 7) is -0.0358. The number of aromatic hydroxyl groups is 1. The predicted molar refractivity (Wildman–Crippen MR) is 79.0 cm³/mol. The predicted octanol–water partition coefficient (Wildman–Crippen LogP) is 3.81. The molecule has 1 N–H and O–H groups in total. The van der Waals surface area contributed by atoms with Crippen molar-refractivity contribution in [1.29, 1.82) is 0 Å². The lowest BCUT2D eigenvalue weighted by Crippen LogP contribution is -2.01. The van der Waals surface area contributed by atoms with Gasteiger partial charge in [-0.25, -0.2) is 0 Å². The van der Waals surface area contributed by atoms with Crippen LogP contribution in [0.25, 0.3) is 0 Å². The zero-order valence-corrected chi connectivity index (χ0v) is 12.8. The van der Waals surface area contributed by atoms with Gasteiger partial charge in [-0.1, -0.05) is 15.9 Å². The molecule has 1 heterocycles. The highest BCUT2D eigenvalue weighted by Crippen LogP contribution is 2.20. The average molecular weight is 387 g/mol. The molecule has 2 aromatic rings. The summed E-state index contributed by atoms with van der Waals surface area (Å²) in [5.74, 6) is 0.138. The lowest BCUT2D eigenvalue weighted by molar-refractivity contribution is 0.0976. The number of carbonyl (C=O) groups is 1. The molecule has 19 heavy (non-hydrogen) atoms. The largest absolute Gasteiger partial charge is 0.507 e. The number of Topliss-reactive ketones (excluding diaryl/α,β-unsaturated/α-hetero) is 1. The van der Waals surface area contributed by atoms with Crippen LogP contribution in [0.4, 0.5) is 0 Å². The quantitative estimate of drug-likeness (QED) is 0.641. The van der Waals surface area contributed by atoms with Gasteiger partial charge in [0.2, 0.25) is 5.78 Å². The van der Waals surface area contributed by atoms with Gasteiger partial charge < -0.3 is 9.52 Å². The summed E-state index contributed by atoms with van der Waals surface area (Å²) >= 11 is 6.50. The molecule has 0 aliphatic rings. The number of phenolic OH excluding ortho intramolecular Hbond substituents is 1. The molecule has 0 bridgehead atoms. The highest BCUT2D eigenvalue weighted by atomic mass is 79.9. The van der Waals surface area contributed by atoms with Gasteiger partial charge in [0.05, 0.1) is 4.47 Å². The fourth-order valence-corrected chi connectivity index (χ4v) is 2.07. The first-order valence-corrected chi connectivity index (χ1v) is 6.90.